The molecular weight excluding hydrogens is 329 g/mol. The number of ether oxygens (including phenoxy) is 1. The van der Waals surface area contributed by atoms with Crippen LogP contribution in [0.25, 0.3) is 0 Å². The highest BCUT2D eigenvalue weighted by Crippen LogP contribution is 2.22. The van der Waals surface area contributed by atoms with Crippen molar-refractivity contribution < 1.29 is 22.7 Å². The average Bonchev–Trinajstić information content (AvgIpc) is 2.74. The topological polar surface area (TPSA) is 51.2 Å². The van der Waals surface area contributed by atoms with Gasteiger partial charge in [-0.25, -0.2) is 4.98 Å². The molecule has 0 bridgehead atoms. The largest absolute Gasteiger partial charge is 0.573 e. The number of hydrogen-bond acceptors (Lipinski definition) is 4. The number of thiazole rings is 1. The average molecular weight is 344 g/mol. The van der Waals surface area contributed by atoms with E-state index in [1.807, 2.05) is 13.8 Å². The minimum Gasteiger partial charge on any atom is -0.406 e. The van der Waals surface area contributed by atoms with Gasteiger partial charge in [-0.3, -0.25) is 4.79 Å². The zero-order valence-corrected chi connectivity index (χ0v) is 13.3. The number of amides is 1. The molecule has 8 heteroatoms. The van der Waals surface area contributed by atoms with Gasteiger partial charge in [-0.2, -0.15) is 0 Å². The Kier molecular flexibility index (Phi) is 5.25. The summed E-state index contributed by atoms with van der Waals surface area (Å²) in [4.78, 5) is 17.1. The fourth-order valence-corrected chi connectivity index (χ4v) is 2.89. The summed E-state index contributed by atoms with van der Waals surface area (Å²) < 4.78 is 39.9. The summed E-state index contributed by atoms with van der Waals surface area (Å²) in [6, 6.07) is 5.38. The number of aryl methyl sites for hydroxylation is 2. The second-order valence-corrected chi connectivity index (χ2v) is 6.17. The van der Waals surface area contributed by atoms with Crippen LogP contribution in [0.15, 0.2) is 24.3 Å². The standard InChI is InChI=1S/C15H15F3N2O2S/c1-9-13(23-10(2)20-9)7-14(21)19-8-11-3-5-12(6-4-11)22-15(16,17)18/h3-6H,7-8H2,1-2H3,(H,19,21). The van der Waals surface area contributed by atoms with Gasteiger partial charge in [-0.1, -0.05) is 12.1 Å². The van der Waals surface area contributed by atoms with E-state index in [0.29, 0.717) is 5.56 Å². The first kappa shape index (κ1) is 17.3. The normalized spacial score (nSPS) is 11.3. The Labute approximate surface area is 135 Å². The van der Waals surface area contributed by atoms with E-state index in [-0.39, 0.29) is 24.6 Å². The van der Waals surface area contributed by atoms with E-state index in [1.165, 1.54) is 35.6 Å². The quantitative estimate of drug-likeness (QED) is 0.903. The maximum absolute atomic E-state index is 12.1. The highest BCUT2D eigenvalue weighted by atomic mass is 32.1. The zero-order valence-electron chi connectivity index (χ0n) is 12.5. The highest BCUT2D eigenvalue weighted by Gasteiger charge is 2.30. The molecule has 0 atom stereocenters. The van der Waals surface area contributed by atoms with E-state index in [4.69, 9.17) is 0 Å². The number of carbonyl (C=O) groups excluding carboxylic acids is 1. The van der Waals surface area contributed by atoms with Crippen LogP contribution >= 0.6 is 11.3 Å². The number of aromatic nitrogens is 1. The summed E-state index contributed by atoms with van der Waals surface area (Å²) in [7, 11) is 0. The van der Waals surface area contributed by atoms with Gasteiger partial charge in [-0.15, -0.1) is 24.5 Å². The molecule has 0 aliphatic heterocycles. The summed E-state index contributed by atoms with van der Waals surface area (Å²) in [5.41, 5.74) is 1.53. The second kappa shape index (κ2) is 6.99. The van der Waals surface area contributed by atoms with E-state index < -0.39 is 6.36 Å². The first-order valence-electron chi connectivity index (χ1n) is 6.77. The van der Waals surface area contributed by atoms with E-state index in [0.717, 1.165) is 15.6 Å². The molecule has 0 saturated carbocycles. The molecule has 1 N–H and O–H groups in total. The third-order valence-corrected chi connectivity index (χ3v) is 4.04. The second-order valence-electron chi connectivity index (χ2n) is 4.89. The maximum Gasteiger partial charge on any atom is 0.573 e. The maximum atomic E-state index is 12.1. The predicted molar refractivity (Wildman–Crippen MR) is 80.3 cm³/mol. The Morgan fingerprint density at radius 1 is 1.26 bits per heavy atom. The third kappa shape index (κ3) is 5.55. The highest BCUT2D eigenvalue weighted by molar-refractivity contribution is 7.11. The molecule has 2 aromatic rings. The van der Waals surface area contributed by atoms with Crippen molar-refractivity contribution >= 4 is 17.2 Å². The molecule has 0 saturated heterocycles. The zero-order chi connectivity index (χ0) is 17.0. The van der Waals surface area contributed by atoms with Crippen LogP contribution in [0, 0.1) is 13.8 Å². The molecular formula is C15H15F3N2O2S. The Morgan fingerprint density at radius 3 is 2.43 bits per heavy atom. The Morgan fingerprint density at radius 2 is 1.91 bits per heavy atom. The molecule has 0 aliphatic rings. The molecule has 0 aliphatic carbocycles. The van der Waals surface area contributed by atoms with Gasteiger partial charge in [0.25, 0.3) is 0 Å². The fraction of sp³-hybridized carbons (Fsp3) is 0.333. The number of rotatable bonds is 5. The minimum atomic E-state index is -4.71. The van der Waals surface area contributed by atoms with Crippen LogP contribution in [-0.4, -0.2) is 17.3 Å². The number of hydrogen-bond donors (Lipinski definition) is 1. The molecule has 124 valence electrons. The van der Waals surface area contributed by atoms with Gasteiger partial charge in [0, 0.05) is 11.4 Å². The molecule has 0 radical (unpaired) electrons. The number of alkyl halides is 3. The van der Waals surface area contributed by atoms with Gasteiger partial charge in [-0.05, 0) is 31.5 Å². The van der Waals surface area contributed by atoms with Crippen molar-refractivity contribution in [2.24, 2.45) is 0 Å². The van der Waals surface area contributed by atoms with Crippen molar-refractivity contribution in [3.8, 4) is 5.75 Å². The smallest absolute Gasteiger partial charge is 0.406 e. The molecule has 1 aromatic heterocycles. The minimum absolute atomic E-state index is 0.160. The van der Waals surface area contributed by atoms with E-state index >= 15 is 0 Å². The SMILES string of the molecule is Cc1nc(C)c(CC(=O)NCc2ccc(OC(F)(F)F)cc2)s1. The number of halogens is 3. The van der Waals surface area contributed by atoms with Crippen molar-refractivity contribution in [2.75, 3.05) is 0 Å². The molecule has 0 spiro atoms. The van der Waals surface area contributed by atoms with Crippen LogP contribution in [0.3, 0.4) is 0 Å². The number of carbonyl (C=O) groups is 1. The molecule has 4 nitrogen and oxygen atoms in total. The van der Waals surface area contributed by atoms with Crippen LogP contribution in [0.4, 0.5) is 13.2 Å². The van der Waals surface area contributed by atoms with E-state index in [1.54, 1.807) is 0 Å². The first-order chi connectivity index (χ1) is 10.7. The lowest BCUT2D eigenvalue weighted by Crippen LogP contribution is -2.24. The molecule has 1 amide bonds. The van der Waals surface area contributed by atoms with Gasteiger partial charge >= 0.3 is 6.36 Å². The summed E-state index contributed by atoms with van der Waals surface area (Å²) in [5, 5.41) is 3.64. The van der Waals surface area contributed by atoms with Gasteiger partial charge in [0.1, 0.15) is 5.75 Å². The van der Waals surface area contributed by atoms with E-state index in [9.17, 15) is 18.0 Å². The summed E-state index contributed by atoms with van der Waals surface area (Å²) in [6.45, 7) is 3.97. The van der Waals surface area contributed by atoms with E-state index in [2.05, 4.69) is 15.0 Å². The van der Waals surface area contributed by atoms with Crippen molar-refractivity contribution in [3.05, 3.63) is 45.4 Å². The van der Waals surface area contributed by atoms with Crippen LogP contribution in [0.5, 0.6) is 5.75 Å². The summed E-state index contributed by atoms with van der Waals surface area (Å²) in [6.07, 6.45) is -4.47. The Balaban J connectivity index is 1.85. The molecule has 0 unspecified atom stereocenters. The van der Waals surface area contributed by atoms with Crippen LogP contribution in [-0.2, 0) is 17.8 Å². The van der Waals surface area contributed by atoms with Gasteiger partial charge in [0.2, 0.25) is 5.91 Å². The molecule has 0 fully saturated rings. The molecule has 1 aromatic carbocycles. The summed E-state index contributed by atoms with van der Waals surface area (Å²) >= 11 is 1.48. The lowest BCUT2D eigenvalue weighted by Gasteiger charge is -2.09. The number of nitrogens with one attached hydrogen (secondary N) is 1. The Bertz CT molecular complexity index is 681. The molecule has 2 rings (SSSR count). The molecule has 23 heavy (non-hydrogen) atoms. The van der Waals surface area contributed by atoms with Gasteiger partial charge in [0.05, 0.1) is 17.1 Å². The number of benzene rings is 1. The van der Waals surface area contributed by atoms with Gasteiger partial charge in [0.15, 0.2) is 0 Å². The lowest BCUT2D eigenvalue weighted by atomic mass is 10.2. The fourth-order valence-electron chi connectivity index (χ4n) is 1.96. The third-order valence-electron chi connectivity index (χ3n) is 2.97. The monoisotopic (exact) mass is 344 g/mol. The first-order valence-corrected chi connectivity index (χ1v) is 7.59. The van der Waals surface area contributed by atoms with Crippen molar-refractivity contribution in [1.29, 1.82) is 0 Å². The van der Waals surface area contributed by atoms with Crippen LogP contribution in [0.2, 0.25) is 0 Å². The summed E-state index contributed by atoms with van der Waals surface area (Å²) in [5.74, 6) is -0.448. The molecule has 1 heterocycles. The van der Waals surface area contributed by atoms with Crippen molar-refractivity contribution in [1.82, 2.24) is 10.3 Å². The van der Waals surface area contributed by atoms with Crippen LogP contribution < -0.4 is 10.1 Å². The van der Waals surface area contributed by atoms with Crippen LogP contribution in [0.1, 0.15) is 21.1 Å². The predicted octanol–water partition coefficient (Wildman–Crippen LogP) is 3.52. The number of nitrogens with zero attached hydrogens (tertiary/aromatic N) is 1. The lowest BCUT2D eigenvalue weighted by molar-refractivity contribution is -0.274. The van der Waals surface area contributed by atoms with Crippen molar-refractivity contribution in [3.63, 3.8) is 0 Å². The van der Waals surface area contributed by atoms with Gasteiger partial charge < -0.3 is 10.1 Å². The Hall–Kier alpha value is -2.09. The van der Waals surface area contributed by atoms with Crippen molar-refractivity contribution in [2.45, 2.75) is 33.2 Å².